The lowest BCUT2D eigenvalue weighted by Crippen LogP contribution is -2.57. The SMILES string of the molecule is O=C([O-])[C@@H]1C[C@]2(C(=O)[O-])C=C[C@@H](O)[C@@H](C2)O1. The summed E-state index contributed by atoms with van der Waals surface area (Å²) >= 11 is 0. The number of rotatable bonds is 2. The topological polar surface area (TPSA) is 110 Å². The fourth-order valence-corrected chi connectivity index (χ4v) is 2.20. The number of hydrogen-bond donors (Lipinski definition) is 1. The maximum Gasteiger partial charge on any atom is 0.0985 e. The maximum absolute atomic E-state index is 11.0. The molecule has 0 aromatic heterocycles. The summed E-state index contributed by atoms with van der Waals surface area (Å²) < 4.78 is 5.05. The van der Waals surface area contributed by atoms with Crippen molar-refractivity contribution in [3.05, 3.63) is 12.2 Å². The second-order valence-corrected chi connectivity index (χ2v) is 4.18. The van der Waals surface area contributed by atoms with Crippen LogP contribution in [0.5, 0.6) is 0 Å². The monoisotopic (exact) mass is 226 g/mol. The molecular formula is C10H10O6-2. The van der Waals surface area contributed by atoms with Gasteiger partial charge in [-0.2, -0.15) is 0 Å². The third kappa shape index (κ3) is 1.60. The van der Waals surface area contributed by atoms with E-state index in [0.717, 1.165) is 0 Å². The van der Waals surface area contributed by atoms with Crippen LogP contribution in [0.15, 0.2) is 12.2 Å². The third-order valence-electron chi connectivity index (χ3n) is 3.12. The highest BCUT2D eigenvalue weighted by Gasteiger charge is 2.45. The molecule has 0 saturated carbocycles. The Balaban J connectivity index is 2.34. The van der Waals surface area contributed by atoms with Crippen LogP contribution in [0.4, 0.5) is 0 Å². The number of fused-ring (bicyclic) bond motifs is 2. The molecule has 1 aliphatic carbocycles. The van der Waals surface area contributed by atoms with Crippen LogP contribution in [0.2, 0.25) is 0 Å². The first-order chi connectivity index (χ1) is 7.44. The van der Waals surface area contributed by atoms with Crippen LogP contribution in [0.25, 0.3) is 0 Å². The molecule has 16 heavy (non-hydrogen) atoms. The number of ether oxygens (including phenoxy) is 1. The number of carboxylic acids is 2. The van der Waals surface area contributed by atoms with Crippen molar-refractivity contribution in [2.45, 2.75) is 31.2 Å². The second-order valence-electron chi connectivity index (χ2n) is 4.18. The molecule has 1 N–H and O–H groups in total. The van der Waals surface area contributed by atoms with E-state index in [1.165, 1.54) is 12.2 Å². The lowest BCUT2D eigenvalue weighted by atomic mass is 9.71. The fraction of sp³-hybridized carbons (Fsp3) is 0.600. The van der Waals surface area contributed by atoms with Gasteiger partial charge in [-0.05, 0) is 12.8 Å². The summed E-state index contributed by atoms with van der Waals surface area (Å²) in [6, 6.07) is 0. The van der Waals surface area contributed by atoms with Gasteiger partial charge in [0, 0.05) is 5.41 Å². The Labute approximate surface area is 91.1 Å². The summed E-state index contributed by atoms with van der Waals surface area (Å²) in [4.78, 5) is 21.8. The largest absolute Gasteiger partial charge is 0.549 e. The Morgan fingerprint density at radius 1 is 1.38 bits per heavy atom. The van der Waals surface area contributed by atoms with E-state index in [0.29, 0.717) is 0 Å². The molecule has 4 atom stereocenters. The van der Waals surface area contributed by atoms with E-state index in [1.807, 2.05) is 0 Å². The van der Waals surface area contributed by atoms with Gasteiger partial charge in [-0.3, -0.25) is 0 Å². The predicted molar refractivity (Wildman–Crippen MR) is 45.5 cm³/mol. The third-order valence-corrected chi connectivity index (χ3v) is 3.12. The summed E-state index contributed by atoms with van der Waals surface area (Å²) in [5.41, 5.74) is -1.37. The number of hydrogen-bond acceptors (Lipinski definition) is 6. The molecule has 0 aromatic carbocycles. The van der Waals surface area contributed by atoms with E-state index >= 15 is 0 Å². The molecule has 2 rings (SSSR count). The van der Waals surface area contributed by atoms with Gasteiger partial charge in [-0.15, -0.1) is 0 Å². The van der Waals surface area contributed by atoms with Crippen LogP contribution < -0.4 is 10.2 Å². The van der Waals surface area contributed by atoms with Gasteiger partial charge < -0.3 is 29.6 Å². The molecule has 1 aliphatic heterocycles. The van der Waals surface area contributed by atoms with Crippen LogP contribution in [-0.4, -0.2) is 35.4 Å². The van der Waals surface area contributed by atoms with Crippen molar-refractivity contribution in [2.75, 3.05) is 0 Å². The number of carboxylic acid groups (broad SMARTS) is 2. The molecule has 6 heteroatoms. The predicted octanol–water partition coefficient (Wildman–Crippen LogP) is -3.05. The minimum Gasteiger partial charge on any atom is -0.549 e. The van der Waals surface area contributed by atoms with Crippen LogP contribution in [-0.2, 0) is 14.3 Å². The molecule has 88 valence electrons. The average Bonchev–Trinajstić information content (AvgIpc) is 2.23. The van der Waals surface area contributed by atoms with E-state index in [2.05, 4.69) is 0 Å². The first-order valence-corrected chi connectivity index (χ1v) is 4.90. The first kappa shape index (κ1) is 11.1. The van der Waals surface area contributed by atoms with Gasteiger partial charge in [0.25, 0.3) is 0 Å². The molecule has 0 amide bonds. The highest BCUT2D eigenvalue weighted by molar-refractivity contribution is 5.78. The molecule has 2 aliphatic rings. The number of aliphatic carboxylic acids is 2. The Hall–Kier alpha value is -1.40. The van der Waals surface area contributed by atoms with E-state index in [4.69, 9.17) is 4.74 Å². The van der Waals surface area contributed by atoms with Gasteiger partial charge >= 0.3 is 0 Å². The number of carbonyl (C=O) groups is 2. The zero-order valence-corrected chi connectivity index (χ0v) is 8.29. The summed E-state index contributed by atoms with van der Waals surface area (Å²) in [7, 11) is 0. The average molecular weight is 226 g/mol. The van der Waals surface area contributed by atoms with Crippen molar-refractivity contribution < 1.29 is 29.6 Å². The molecule has 1 fully saturated rings. The molecule has 6 nitrogen and oxygen atoms in total. The highest BCUT2D eigenvalue weighted by Crippen LogP contribution is 2.41. The quantitative estimate of drug-likeness (QED) is 0.501. The second kappa shape index (κ2) is 3.57. The van der Waals surface area contributed by atoms with Gasteiger partial charge in [0.15, 0.2) is 0 Å². The van der Waals surface area contributed by atoms with Crippen LogP contribution >= 0.6 is 0 Å². The van der Waals surface area contributed by atoms with Crippen molar-refractivity contribution in [3.8, 4) is 0 Å². The molecule has 0 aromatic rings. The Morgan fingerprint density at radius 2 is 2.06 bits per heavy atom. The van der Waals surface area contributed by atoms with Gasteiger partial charge in [0.05, 0.1) is 30.3 Å². The van der Waals surface area contributed by atoms with E-state index in [-0.39, 0.29) is 12.8 Å². The number of carbonyl (C=O) groups excluding carboxylic acids is 2. The van der Waals surface area contributed by atoms with Crippen LogP contribution in [0.3, 0.4) is 0 Å². The highest BCUT2D eigenvalue weighted by atomic mass is 16.5. The molecule has 1 heterocycles. The van der Waals surface area contributed by atoms with Gasteiger partial charge in [-0.25, -0.2) is 0 Å². The van der Waals surface area contributed by atoms with Crippen LogP contribution in [0.1, 0.15) is 12.8 Å². The van der Waals surface area contributed by atoms with E-state index in [9.17, 15) is 24.9 Å². The number of aliphatic hydroxyl groups excluding tert-OH is 1. The first-order valence-electron chi connectivity index (χ1n) is 4.90. The minimum absolute atomic E-state index is 0.0246. The smallest absolute Gasteiger partial charge is 0.0985 e. The number of aliphatic hydroxyl groups is 1. The molecule has 0 unspecified atom stereocenters. The van der Waals surface area contributed by atoms with Crippen molar-refractivity contribution in [2.24, 2.45) is 5.41 Å². The Morgan fingerprint density at radius 3 is 2.62 bits per heavy atom. The summed E-state index contributed by atoms with van der Waals surface area (Å²) in [5, 5.41) is 31.2. The van der Waals surface area contributed by atoms with E-state index in [1.54, 1.807) is 0 Å². The Bertz CT molecular complexity index is 362. The maximum atomic E-state index is 11.0. The molecule has 2 bridgehead atoms. The fourth-order valence-electron chi connectivity index (χ4n) is 2.20. The van der Waals surface area contributed by atoms with Crippen molar-refractivity contribution in [3.63, 3.8) is 0 Å². The minimum atomic E-state index is -1.47. The molecule has 1 saturated heterocycles. The van der Waals surface area contributed by atoms with Gasteiger partial charge in [0.2, 0.25) is 0 Å². The van der Waals surface area contributed by atoms with Crippen LogP contribution in [0, 0.1) is 5.41 Å². The summed E-state index contributed by atoms with van der Waals surface area (Å²) in [6.45, 7) is 0. The lowest BCUT2D eigenvalue weighted by Gasteiger charge is -2.47. The molecular weight excluding hydrogens is 216 g/mol. The zero-order chi connectivity index (χ0) is 11.9. The van der Waals surface area contributed by atoms with E-state index < -0.39 is 35.7 Å². The standard InChI is InChI=1S/C10H12O6/c11-5-1-2-10(9(14)15)3-6(5)16-7(4-10)8(12)13/h1-2,5-7,11H,3-4H2,(H,12,13)(H,14,15)/p-2/t5-,6-,7+,10+/m1/s1. The van der Waals surface area contributed by atoms with Crippen molar-refractivity contribution in [1.82, 2.24) is 0 Å². The van der Waals surface area contributed by atoms with Gasteiger partial charge in [-0.1, -0.05) is 12.2 Å². The summed E-state index contributed by atoms with van der Waals surface area (Å²) in [6.07, 6.45) is -0.753. The van der Waals surface area contributed by atoms with Crippen molar-refractivity contribution in [1.29, 1.82) is 0 Å². The zero-order valence-electron chi connectivity index (χ0n) is 8.29. The molecule has 0 radical (unpaired) electrons. The van der Waals surface area contributed by atoms with Gasteiger partial charge in [0.1, 0.15) is 0 Å². The van der Waals surface area contributed by atoms with Crippen molar-refractivity contribution >= 4 is 11.9 Å². The lowest BCUT2D eigenvalue weighted by molar-refractivity contribution is -0.333. The normalized spacial score (nSPS) is 41.7. The summed E-state index contributed by atoms with van der Waals surface area (Å²) in [5.74, 6) is -2.83. The molecule has 0 spiro atoms. The Kier molecular flexibility index (Phi) is 2.47.